The summed E-state index contributed by atoms with van der Waals surface area (Å²) in [5, 5.41) is 18.1. The predicted molar refractivity (Wildman–Crippen MR) is 114 cm³/mol. The van der Waals surface area contributed by atoms with Gasteiger partial charge in [-0.3, -0.25) is 5.10 Å². The molecule has 0 spiro atoms. The number of H-pyrrole nitrogens is 1. The first-order valence-corrected chi connectivity index (χ1v) is 10.2. The highest BCUT2D eigenvalue weighted by atomic mass is 16.5. The van der Waals surface area contributed by atoms with Crippen molar-refractivity contribution in [1.82, 2.24) is 25.3 Å². The van der Waals surface area contributed by atoms with Crippen molar-refractivity contribution in [3.63, 3.8) is 0 Å². The van der Waals surface area contributed by atoms with Gasteiger partial charge in [-0.15, -0.1) is 0 Å². The third kappa shape index (κ3) is 4.17. The lowest BCUT2D eigenvalue weighted by Gasteiger charge is -2.06. The van der Waals surface area contributed by atoms with Crippen LogP contribution in [-0.4, -0.2) is 25.3 Å². The van der Waals surface area contributed by atoms with Gasteiger partial charge in [-0.25, -0.2) is 4.98 Å². The summed E-state index contributed by atoms with van der Waals surface area (Å²) in [5.41, 5.74) is 2.95. The fourth-order valence-electron chi connectivity index (χ4n) is 3.79. The maximum absolute atomic E-state index is 5.42. The summed E-state index contributed by atoms with van der Waals surface area (Å²) in [6, 6.07) is 15.7. The summed E-state index contributed by atoms with van der Waals surface area (Å²) in [4.78, 5) is 8.79. The van der Waals surface area contributed by atoms with E-state index in [0.717, 1.165) is 22.8 Å². The second kappa shape index (κ2) is 8.36. The number of hydrogen-bond acceptors (Lipinski definition) is 7. The van der Waals surface area contributed by atoms with Gasteiger partial charge in [0, 0.05) is 29.8 Å². The van der Waals surface area contributed by atoms with Gasteiger partial charge in [0.1, 0.15) is 17.3 Å². The van der Waals surface area contributed by atoms with E-state index in [9.17, 15) is 0 Å². The number of benzene rings is 1. The first-order chi connectivity index (χ1) is 14.8. The molecule has 1 fully saturated rings. The van der Waals surface area contributed by atoms with Crippen molar-refractivity contribution < 1.29 is 4.52 Å². The summed E-state index contributed by atoms with van der Waals surface area (Å²) in [6.45, 7) is 0.444. The molecule has 0 aliphatic heterocycles. The molecule has 3 heterocycles. The average Bonchev–Trinajstić information content (AvgIpc) is 3.55. The van der Waals surface area contributed by atoms with E-state index in [1.807, 2.05) is 42.5 Å². The maximum Gasteiger partial charge on any atom is 0.224 e. The fourth-order valence-corrected chi connectivity index (χ4v) is 3.79. The number of nitrogens with zero attached hydrogens (tertiary/aromatic N) is 4. The van der Waals surface area contributed by atoms with Gasteiger partial charge in [0.15, 0.2) is 5.76 Å². The lowest BCUT2D eigenvalue weighted by molar-refractivity contribution is 0.390. The van der Waals surface area contributed by atoms with Crippen LogP contribution in [0, 0.1) is 0 Å². The van der Waals surface area contributed by atoms with Crippen molar-refractivity contribution in [3.8, 4) is 11.3 Å². The van der Waals surface area contributed by atoms with Gasteiger partial charge < -0.3 is 15.2 Å². The molecular weight excluding hydrogens is 378 g/mol. The van der Waals surface area contributed by atoms with Gasteiger partial charge >= 0.3 is 0 Å². The Morgan fingerprint density at radius 1 is 1.07 bits per heavy atom. The Hall–Kier alpha value is -3.68. The molecule has 4 aromatic rings. The normalized spacial score (nSPS) is 14.1. The van der Waals surface area contributed by atoms with Crippen LogP contribution in [0.15, 0.2) is 59.3 Å². The van der Waals surface area contributed by atoms with Crippen molar-refractivity contribution in [1.29, 1.82) is 0 Å². The van der Waals surface area contributed by atoms with Crippen LogP contribution in [0.3, 0.4) is 0 Å². The molecule has 0 amide bonds. The zero-order chi connectivity index (χ0) is 20.2. The first-order valence-electron chi connectivity index (χ1n) is 10.2. The Kier molecular flexibility index (Phi) is 5.12. The second-order valence-electron chi connectivity index (χ2n) is 7.48. The second-order valence-corrected chi connectivity index (χ2v) is 7.48. The highest BCUT2D eigenvalue weighted by Crippen LogP contribution is 2.34. The summed E-state index contributed by atoms with van der Waals surface area (Å²) >= 11 is 0. The van der Waals surface area contributed by atoms with Crippen LogP contribution >= 0.6 is 0 Å². The molecule has 1 aliphatic carbocycles. The number of anilines is 3. The SMILES string of the molecule is c1ccc(-c2cc(CNc3nccc(Nc4cc(C5CCCC5)n[nH]4)n3)on2)cc1. The van der Waals surface area contributed by atoms with E-state index in [2.05, 4.69) is 42.0 Å². The molecule has 1 aliphatic rings. The van der Waals surface area contributed by atoms with Crippen LogP contribution in [0.4, 0.5) is 17.6 Å². The van der Waals surface area contributed by atoms with Crippen LogP contribution in [0.25, 0.3) is 11.3 Å². The van der Waals surface area contributed by atoms with Gasteiger partial charge in [0.25, 0.3) is 0 Å². The molecule has 30 heavy (non-hydrogen) atoms. The molecule has 0 radical (unpaired) electrons. The van der Waals surface area contributed by atoms with Gasteiger partial charge in [0.2, 0.25) is 5.95 Å². The van der Waals surface area contributed by atoms with E-state index < -0.39 is 0 Å². The van der Waals surface area contributed by atoms with Crippen molar-refractivity contribution in [2.75, 3.05) is 10.6 Å². The minimum atomic E-state index is 0.444. The molecular formula is C22H23N7O. The highest BCUT2D eigenvalue weighted by Gasteiger charge is 2.19. The van der Waals surface area contributed by atoms with E-state index in [1.54, 1.807) is 6.20 Å². The van der Waals surface area contributed by atoms with Crippen LogP contribution in [0.2, 0.25) is 0 Å². The Labute approximate surface area is 174 Å². The topological polar surface area (TPSA) is 105 Å². The first kappa shape index (κ1) is 18.4. The van der Waals surface area contributed by atoms with E-state index >= 15 is 0 Å². The molecule has 0 atom stereocenters. The van der Waals surface area contributed by atoms with E-state index in [-0.39, 0.29) is 0 Å². The van der Waals surface area contributed by atoms with Crippen molar-refractivity contribution in [2.24, 2.45) is 0 Å². The summed E-state index contributed by atoms with van der Waals surface area (Å²) in [6.07, 6.45) is 6.74. The molecule has 8 heteroatoms. The summed E-state index contributed by atoms with van der Waals surface area (Å²) in [5.74, 6) is 3.32. The number of hydrogen-bond donors (Lipinski definition) is 3. The Balaban J connectivity index is 1.21. The predicted octanol–water partition coefficient (Wildman–Crippen LogP) is 4.87. The van der Waals surface area contributed by atoms with E-state index in [4.69, 9.17) is 4.52 Å². The number of aromatic nitrogens is 5. The maximum atomic E-state index is 5.42. The van der Waals surface area contributed by atoms with Crippen molar-refractivity contribution in [2.45, 2.75) is 38.1 Å². The molecule has 0 unspecified atom stereocenters. The molecule has 8 nitrogen and oxygen atoms in total. The molecule has 3 aromatic heterocycles. The summed E-state index contributed by atoms with van der Waals surface area (Å²) in [7, 11) is 0. The standard InChI is InChI=1S/C22H23N7O/c1-2-6-16(7-3-1)19-12-17(30-29-19)14-24-22-23-11-10-20(26-22)25-21-13-18(27-28-21)15-8-4-5-9-15/h1-3,6-7,10-13,15H,4-5,8-9,14H2,(H3,23,24,25,26,27,28). The molecule has 1 aromatic carbocycles. The molecule has 0 bridgehead atoms. The Morgan fingerprint density at radius 2 is 1.93 bits per heavy atom. The number of nitrogens with one attached hydrogen (secondary N) is 3. The van der Waals surface area contributed by atoms with Crippen LogP contribution in [-0.2, 0) is 6.54 Å². The van der Waals surface area contributed by atoms with Crippen molar-refractivity contribution in [3.05, 3.63) is 66.2 Å². The minimum Gasteiger partial charge on any atom is -0.359 e. The summed E-state index contributed by atoms with van der Waals surface area (Å²) < 4.78 is 5.42. The monoisotopic (exact) mass is 401 g/mol. The fraction of sp³-hybridized carbons (Fsp3) is 0.273. The number of aromatic amines is 1. The minimum absolute atomic E-state index is 0.444. The molecule has 1 saturated carbocycles. The van der Waals surface area contributed by atoms with E-state index in [1.165, 1.54) is 25.7 Å². The van der Waals surface area contributed by atoms with Gasteiger partial charge in [0.05, 0.1) is 12.2 Å². The molecule has 152 valence electrons. The Morgan fingerprint density at radius 3 is 2.80 bits per heavy atom. The van der Waals surface area contributed by atoms with Gasteiger partial charge in [-0.05, 0) is 18.9 Å². The molecule has 3 N–H and O–H groups in total. The largest absolute Gasteiger partial charge is 0.359 e. The zero-order valence-corrected chi connectivity index (χ0v) is 16.5. The molecule has 5 rings (SSSR count). The van der Waals surface area contributed by atoms with Crippen molar-refractivity contribution >= 4 is 17.6 Å². The lowest BCUT2D eigenvalue weighted by atomic mass is 10.0. The quantitative estimate of drug-likeness (QED) is 0.406. The van der Waals surface area contributed by atoms with E-state index in [0.29, 0.717) is 30.0 Å². The Bertz CT molecular complexity index is 1100. The van der Waals surface area contributed by atoms with Crippen LogP contribution in [0.1, 0.15) is 43.1 Å². The average molecular weight is 401 g/mol. The zero-order valence-electron chi connectivity index (χ0n) is 16.5. The smallest absolute Gasteiger partial charge is 0.224 e. The highest BCUT2D eigenvalue weighted by molar-refractivity contribution is 5.58. The lowest BCUT2D eigenvalue weighted by Crippen LogP contribution is -2.04. The van der Waals surface area contributed by atoms with Gasteiger partial charge in [-0.2, -0.15) is 10.1 Å². The van der Waals surface area contributed by atoms with Crippen LogP contribution < -0.4 is 10.6 Å². The third-order valence-corrected chi connectivity index (χ3v) is 5.34. The molecule has 0 saturated heterocycles. The van der Waals surface area contributed by atoms with Gasteiger partial charge in [-0.1, -0.05) is 48.3 Å². The third-order valence-electron chi connectivity index (χ3n) is 5.34. The van der Waals surface area contributed by atoms with Crippen LogP contribution in [0.5, 0.6) is 0 Å². The number of rotatable bonds is 7.